The summed E-state index contributed by atoms with van der Waals surface area (Å²) in [6.45, 7) is 4.40. The first-order valence-electron chi connectivity index (χ1n) is 10.5. The van der Waals surface area contributed by atoms with E-state index < -0.39 is 0 Å². The minimum Gasteiger partial charge on any atom is -0.497 e. The smallest absolute Gasteiger partial charge is 0.235 e. The van der Waals surface area contributed by atoms with Crippen molar-refractivity contribution in [1.82, 2.24) is 0 Å². The van der Waals surface area contributed by atoms with Gasteiger partial charge in [0.25, 0.3) is 0 Å². The molecule has 2 unspecified atom stereocenters. The molecule has 0 aliphatic carbocycles. The van der Waals surface area contributed by atoms with Crippen LogP contribution in [0.1, 0.15) is 24.8 Å². The van der Waals surface area contributed by atoms with Gasteiger partial charge < -0.3 is 18.9 Å². The zero-order valence-corrected chi connectivity index (χ0v) is 20.1. The number of rotatable bonds is 4. The maximum absolute atomic E-state index is 5.75. The highest BCUT2D eigenvalue weighted by atomic mass is 32.2. The Bertz CT molecular complexity index is 855. The number of fused-ring (bicyclic) bond motifs is 6. The molecule has 0 fully saturated rings. The van der Waals surface area contributed by atoms with Crippen molar-refractivity contribution in [3.05, 3.63) is 29.8 Å². The molecule has 0 N–H and O–H groups in total. The fraction of sp³-hybridized carbons (Fsp3) is 0.455. The van der Waals surface area contributed by atoms with Gasteiger partial charge in [-0.3, -0.25) is 0 Å². The number of methoxy groups -OCH3 is 4. The predicted molar refractivity (Wildman–Crippen MR) is 136 cm³/mol. The summed E-state index contributed by atoms with van der Waals surface area (Å²) in [4.78, 5) is 0. The van der Waals surface area contributed by atoms with Gasteiger partial charge in [0.15, 0.2) is 7.28 Å². The monoisotopic (exact) mass is 451 g/mol. The van der Waals surface area contributed by atoms with E-state index in [0.29, 0.717) is 10.4 Å². The van der Waals surface area contributed by atoms with Gasteiger partial charge in [-0.2, -0.15) is 0 Å². The van der Waals surface area contributed by atoms with Crippen LogP contribution in [0.5, 0.6) is 23.0 Å². The summed E-state index contributed by atoms with van der Waals surface area (Å²) in [5.41, 5.74) is 4.35. The molecule has 4 nitrogen and oxygen atoms in total. The van der Waals surface area contributed by atoms with Crippen LogP contribution in [0.4, 0.5) is 0 Å². The molecule has 159 valence electrons. The molecule has 9 heteroatoms. The van der Waals surface area contributed by atoms with Crippen molar-refractivity contribution >= 4 is 60.0 Å². The second-order valence-corrected chi connectivity index (χ2v) is 10.0. The quantitative estimate of drug-likeness (QED) is 0.664. The van der Waals surface area contributed by atoms with E-state index in [1.165, 1.54) is 12.0 Å². The molecule has 2 aromatic rings. The van der Waals surface area contributed by atoms with Crippen LogP contribution in [0, 0.1) is 0 Å². The highest BCUT2D eigenvalue weighted by molar-refractivity contribution is 8.25. The summed E-state index contributed by atoms with van der Waals surface area (Å²) in [7, 11) is 9.25. The molecule has 2 atom stereocenters. The van der Waals surface area contributed by atoms with E-state index in [-0.39, 0.29) is 0 Å². The van der Waals surface area contributed by atoms with E-state index in [4.69, 9.17) is 18.9 Å². The van der Waals surface area contributed by atoms with Crippen LogP contribution in [-0.4, -0.2) is 59.2 Å². The Labute approximate surface area is 196 Å². The molecule has 3 radical (unpaired) electrons. The maximum Gasteiger partial charge on any atom is 0.235 e. The highest BCUT2D eigenvalue weighted by Crippen LogP contribution is 2.32. The Kier molecular flexibility index (Phi) is 7.65. The second-order valence-electron chi connectivity index (χ2n) is 7.71. The zero-order chi connectivity index (χ0) is 21.8. The second kappa shape index (κ2) is 10.4. The fourth-order valence-electron chi connectivity index (χ4n) is 4.13. The first-order valence-corrected chi connectivity index (χ1v) is 12.4. The van der Waals surface area contributed by atoms with Gasteiger partial charge in [0.1, 0.15) is 23.0 Å². The van der Waals surface area contributed by atoms with E-state index in [2.05, 4.69) is 44.7 Å². The molecule has 2 aromatic carbocycles. The van der Waals surface area contributed by atoms with Gasteiger partial charge in [-0.05, 0) is 75.9 Å². The highest BCUT2D eigenvalue weighted by Gasteiger charge is 2.25. The molecule has 6 bridgehead atoms. The van der Waals surface area contributed by atoms with E-state index in [9.17, 15) is 0 Å². The summed E-state index contributed by atoms with van der Waals surface area (Å²) in [6.07, 6.45) is 4.31. The van der Waals surface area contributed by atoms with E-state index in [1.54, 1.807) is 28.4 Å². The van der Waals surface area contributed by atoms with Crippen LogP contribution in [0.15, 0.2) is 24.3 Å². The van der Waals surface area contributed by atoms with Crippen molar-refractivity contribution < 1.29 is 18.9 Å². The van der Waals surface area contributed by atoms with E-state index in [1.807, 2.05) is 23.2 Å². The fourth-order valence-corrected chi connectivity index (χ4v) is 6.27. The summed E-state index contributed by atoms with van der Waals surface area (Å²) >= 11 is 3.68. The molecule has 0 saturated heterocycles. The first kappa shape index (κ1) is 22.7. The van der Waals surface area contributed by atoms with Crippen molar-refractivity contribution in [2.75, 3.05) is 28.4 Å². The maximum atomic E-state index is 5.75. The molecular weight excluding hydrogens is 425 g/mol. The molecule has 4 aliphatic rings. The molecule has 4 aliphatic heterocycles. The Morgan fingerprint density at radius 1 is 0.710 bits per heavy atom. The third-order valence-electron chi connectivity index (χ3n) is 5.80. The average Bonchev–Trinajstić information content (AvgIpc) is 2.78. The van der Waals surface area contributed by atoms with Gasteiger partial charge in [-0.25, -0.2) is 23.2 Å². The van der Waals surface area contributed by atoms with Crippen LogP contribution in [0.3, 0.4) is 0 Å². The van der Waals surface area contributed by atoms with Gasteiger partial charge in [0.2, 0.25) is 13.1 Å². The Balaban J connectivity index is 1.79. The van der Waals surface area contributed by atoms with E-state index >= 15 is 0 Å². The third-order valence-corrected chi connectivity index (χ3v) is 8.09. The van der Waals surface area contributed by atoms with Gasteiger partial charge in [0.05, 0.1) is 28.4 Å². The minimum atomic E-state index is 0.313. The van der Waals surface area contributed by atoms with Gasteiger partial charge in [-0.15, -0.1) is 0 Å². The van der Waals surface area contributed by atoms with Crippen LogP contribution < -0.4 is 35.3 Å². The summed E-state index contributed by atoms with van der Waals surface area (Å²) in [5.74, 6) is 3.57. The Hall–Kier alpha value is -1.47. The number of ether oxygens (including phenoxy) is 4. The standard InChI is InChI=1S/C22H26B3O4S2/c1-26-18-11-16-19(27-2)9-13(18)8-14-6-5-7-22(31-25-16)23-15-10-21(29-4)17(24-30-14)12-20(15)28-3/h9-12,14,22H,5-8H2,1-4H3. The lowest BCUT2D eigenvalue weighted by atomic mass is 9.64. The van der Waals surface area contributed by atoms with Gasteiger partial charge in [-0.1, -0.05) is 6.42 Å². The van der Waals surface area contributed by atoms with Crippen molar-refractivity contribution in [2.45, 2.75) is 36.1 Å². The lowest BCUT2D eigenvalue weighted by Crippen LogP contribution is -2.33. The first-order chi connectivity index (χ1) is 15.1. The zero-order valence-electron chi connectivity index (χ0n) is 18.5. The van der Waals surface area contributed by atoms with Gasteiger partial charge >= 0.3 is 0 Å². The van der Waals surface area contributed by atoms with Crippen LogP contribution in [0.25, 0.3) is 0 Å². The predicted octanol–water partition coefficient (Wildman–Crippen LogP) is 2.14. The van der Waals surface area contributed by atoms with Crippen LogP contribution in [0.2, 0.25) is 0 Å². The molecule has 0 aromatic heterocycles. The largest absolute Gasteiger partial charge is 0.497 e. The molecule has 4 heterocycles. The summed E-state index contributed by atoms with van der Waals surface area (Å²) in [5, 5.41) is 0.738. The van der Waals surface area contributed by atoms with Crippen molar-refractivity contribution in [2.24, 2.45) is 0 Å². The molecular formula is C22H26B3O4S2. The third kappa shape index (κ3) is 5.14. The minimum absolute atomic E-state index is 0.313. The van der Waals surface area contributed by atoms with Crippen molar-refractivity contribution in [3.63, 3.8) is 0 Å². The molecule has 0 amide bonds. The van der Waals surface area contributed by atoms with E-state index in [0.717, 1.165) is 58.6 Å². The lowest BCUT2D eigenvalue weighted by Gasteiger charge is -2.25. The van der Waals surface area contributed by atoms with Crippen LogP contribution >= 0.6 is 23.2 Å². The lowest BCUT2D eigenvalue weighted by molar-refractivity contribution is 0.400. The molecule has 0 spiro atoms. The molecule has 0 saturated carbocycles. The SMILES string of the molecule is COc1cc2c(OC)cc1[B]SC1CCCC([B]2)S[B]c2cc(OC)c(cc2OC)C1. The Morgan fingerprint density at radius 2 is 1.29 bits per heavy atom. The number of hydrogen-bond acceptors (Lipinski definition) is 6. The van der Waals surface area contributed by atoms with Crippen molar-refractivity contribution in [1.29, 1.82) is 0 Å². The van der Waals surface area contributed by atoms with Gasteiger partial charge in [0, 0.05) is 0 Å². The Morgan fingerprint density at radius 3 is 2.00 bits per heavy atom. The van der Waals surface area contributed by atoms with Crippen molar-refractivity contribution in [3.8, 4) is 23.0 Å². The average molecular weight is 451 g/mol. The normalized spacial score (nSPS) is 20.3. The van der Waals surface area contributed by atoms with Crippen LogP contribution in [-0.2, 0) is 6.42 Å². The molecule has 31 heavy (non-hydrogen) atoms. The summed E-state index contributed by atoms with van der Waals surface area (Å²) < 4.78 is 22.9. The number of hydrogen-bond donors (Lipinski definition) is 0. The topological polar surface area (TPSA) is 36.9 Å². The summed E-state index contributed by atoms with van der Waals surface area (Å²) in [6, 6.07) is 8.43. The number of benzene rings is 2. The molecule has 6 rings (SSSR count).